The molecule has 0 fully saturated rings. The van der Waals surface area contributed by atoms with Crippen LogP contribution in [0.3, 0.4) is 0 Å². The largest absolute Gasteiger partial charge is 0.489 e. The number of rotatable bonds is 8. The lowest BCUT2D eigenvalue weighted by Crippen LogP contribution is -2.06. The van der Waals surface area contributed by atoms with Crippen molar-refractivity contribution in [3.8, 4) is 5.75 Å². The van der Waals surface area contributed by atoms with Gasteiger partial charge in [-0.05, 0) is 61.9 Å². The number of hydrogen-bond acceptors (Lipinski definition) is 4. The van der Waals surface area contributed by atoms with Crippen molar-refractivity contribution < 1.29 is 14.3 Å². The number of hydrogen-bond donors (Lipinski definition) is 1. The van der Waals surface area contributed by atoms with Crippen LogP contribution in [0.4, 0.5) is 5.69 Å². The zero-order valence-electron chi connectivity index (χ0n) is 16.6. The van der Waals surface area contributed by atoms with Gasteiger partial charge in [0, 0.05) is 22.8 Å². The SMILES string of the molecule is CCOC(=O)c1ccc(NCc2cc(Cl)ccc2OCc2ccc(C)cc2)cc1. The normalized spacial score (nSPS) is 10.4. The van der Waals surface area contributed by atoms with Crippen LogP contribution in [0.25, 0.3) is 0 Å². The van der Waals surface area contributed by atoms with Crippen molar-refractivity contribution in [1.82, 2.24) is 0 Å². The summed E-state index contributed by atoms with van der Waals surface area (Å²) in [6, 6.07) is 21.1. The fourth-order valence-corrected chi connectivity index (χ4v) is 3.00. The number of carbonyl (C=O) groups is 1. The standard InChI is InChI=1S/C24H24ClNO3/c1-3-28-24(27)19-8-11-22(12-9-19)26-15-20-14-21(25)10-13-23(20)29-16-18-6-4-17(2)5-7-18/h4-14,26H,3,15-16H2,1-2H3. The van der Waals surface area contributed by atoms with E-state index in [1.165, 1.54) is 5.56 Å². The molecule has 1 N–H and O–H groups in total. The fourth-order valence-electron chi connectivity index (χ4n) is 2.81. The van der Waals surface area contributed by atoms with E-state index in [2.05, 4.69) is 36.5 Å². The Morgan fingerprint density at radius 3 is 2.41 bits per heavy atom. The number of carbonyl (C=O) groups excluding carboxylic acids is 1. The Hall–Kier alpha value is -2.98. The van der Waals surface area contributed by atoms with E-state index in [-0.39, 0.29) is 5.97 Å². The third-order valence-corrected chi connectivity index (χ3v) is 4.65. The summed E-state index contributed by atoms with van der Waals surface area (Å²) in [5, 5.41) is 4.00. The van der Waals surface area contributed by atoms with Gasteiger partial charge in [0.2, 0.25) is 0 Å². The Bertz CT molecular complexity index is 953. The highest BCUT2D eigenvalue weighted by molar-refractivity contribution is 6.30. The van der Waals surface area contributed by atoms with Gasteiger partial charge in [0.15, 0.2) is 0 Å². The highest BCUT2D eigenvalue weighted by atomic mass is 35.5. The molecule has 0 saturated carbocycles. The minimum Gasteiger partial charge on any atom is -0.489 e. The average molecular weight is 410 g/mol. The third kappa shape index (κ3) is 6.00. The molecule has 0 radical (unpaired) electrons. The molecular weight excluding hydrogens is 386 g/mol. The summed E-state index contributed by atoms with van der Waals surface area (Å²) in [6.07, 6.45) is 0. The van der Waals surface area contributed by atoms with Crippen LogP contribution in [0.5, 0.6) is 5.75 Å². The lowest BCUT2D eigenvalue weighted by molar-refractivity contribution is 0.0526. The molecular formula is C24H24ClNO3. The van der Waals surface area contributed by atoms with Gasteiger partial charge in [-0.15, -0.1) is 0 Å². The predicted molar refractivity (Wildman–Crippen MR) is 117 cm³/mol. The molecule has 5 heteroatoms. The van der Waals surface area contributed by atoms with Crippen molar-refractivity contribution in [3.63, 3.8) is 0 Å². The minimum absolute atomic E-state index is 0.319. The number of halogens is 1. The maximum Gasteiger partial charge on any atom is 0.338 e. The second-order valence-electron chi connectivity index (χ2n) is 6.68. The summed E-state index contributed by atoms with van der Waals surface area (Å²) in [5.41, 5.74) is 4.71. The van der Waals surface area contributed by atoms with Crippen molar-refractivity contribution in [2.24, 2.45) is 0 Å². The zero-order valence-corrected chi connectivity index (χ0v) is 17.3. The van der Waals surface area contributed by atoms with Crippen molar-refractivity contribution in [2.45, 2.75) is 27.0 Å². The number of esters is 1. The topological polar surface area (TPSA) is 47.6 Å². The second-order valence-corrected chi connectivity index (χ2v) is 7.11. The molecule has 0 aliphatic rings. The molecule has 0 saturated heterocycles. The summed E-state index contributed by atoms with van der Waals surface area (Å²) in [7, 11) is 0. The van der Waals surface area contributed by atoms with E-state index >= 15 is 0 Å². The first-order valence-corrected chi connectivity index (χ1v) is 9.91. The van der Waals surface area contributed by atoms with Crippen molar-refractivity contribution in [1.29, 1.82) is 0 Å². The van der Waals surface area contributed by atoms with Gasteiger partial charge in [-0.2, -0.15) is 0 Å². The number of aryl methyl sites for hydroxylation is 1. The van der Waals surface area contributed by atoms with Gasteiger partial charge in [0.25, 0.3) is 0 Å². The monoisotopic (exact) mass is 409 g/mol. The first-order valence-electron chi connectivity index (χ1n) is 9.53. The van der Waals surface area contributed by atoms with Crippen LogP contribution in [0.15, 0.2) is 66.7 Å². The molecule has 150 valence electrons. The van der Waals surface area contributed by atoms with Gasteiger partial charge >= 0.3 is 5.97 Å². The van der Waals surface area contributed by atoms with E-state index in [4.69, 9.17) is 21.1 Å². The van der Waals surface area contributed by atoms with Gasteiger partial charge < -0.3 is 14.8 Å². The quantitative estimate of drug-likeness (QED) is 0.462. The molecule has 3 rings (SSSR count). The molecule has 0 bridgehead atoms. The van der Waals surface area contributed by atoms with E-state index in [9.17, 15) is 4.79 Å². The van der Waals surface area contributed by atoms with Crippen LogP contribution in [0.2, 0.25) is 5.02 Å². The molecule has 0 heterocycles. The second kappa shape index (κ2) is 9.99. The Balaban J connectivity index is 1.64. The van der Waals surface area contributed by atoms with Crippen LogP contribution in [-0.2, 0) is 17.9 Å². The van der Waals surface area contributed by atoms with Gasteiger partial charge in [0.05, 0.1) is 12.2 Å². The van der Waals surface area contributed by atoms with Gasteiger partial charge in [-0.25, -0.2) is 4.79 Å². The van der Waals surface area contributed by atoms with Crippen LogP contribution in [0.1, 0.15) is 34.0 Å². The first-order chi connectivity index (χ1) is 14.0. The molecule has 0 atom stereocenters. The number of ether oxygens (including phenoxy) is 2. The number of benzene rings is 3. The van der Waals surface area contributed by atoms with E-state index in [1.807, 2.05) is 30.3 Å². The summed E-state index contributed by atoms with van der Waals surface area (Å²) in [5.74, 6) is 0.464. The molecule has 0 unspecified atom stereocenters. The first kappa shape index (κ1) is 20.7. The van der Waals surface area contributed by atoms with E-state index in [0.717, 1.165) is 22.6 Å². The Morgan fingerprint density at radius 2 is 1.72 bits per heavy atom. The molecule has 4 nitrogen and oxygen atoms in total. The molecule has 29 heavy (non-hydrogen) atoms. The molecule has 3 aromatic carbocycles. The Kier molecular flexibility index (Phi) is 7.14. The van der Waals surface area contributed by atoms with Gasteiger partial charge in [-0.3, -0.25) is 0 Å². The molecule has 0 amide bonds. The van der Waals surface area contributed by atoms with Crippen LogP contribution in [0, 0.1) is 6.92 Å². The summed E-state index contributed by atoms with van der Waals surface area (Å²) < 4.78 is 11.0. The fraction of sp³-hybridized carbons (Fsp3) is 0.208. The molecule has 0 aliphatic heterocycles. The Morgan fingerprint density at radius 1 is 1.00 bits per heavy atom. The summed E-state index contributed by atoms with van der Waals surface area (Å²) in [4.78, 5) is 11.8. The summed E-state index contributed by atoms with van der Waals surface area (Å²) >= 11 is 6.18. The van der Waals surface area contributed by atoms with E-state index in [1.54, 1.807) is 19.1 Å². The highest BCUT2D eigenvalue weighted by Crippen LogP contribution is 2.25. The van der Waals surface area contributed by atoms with Crippen LogP contribution >= 0.6 is 11.6 Å². The van der Waals surface area contributed by atoms with Gasteiger partial charge in [-0.1, -0.05) is 41.4 Å². The molecule has 0 aliphatic carbocycles. The smallest absolute Gasteiger partial charge is 0.338 e. The lowest BCUT2D eigenvalue weighted by Gasteiger charge is -2.14. The third-order valence-electron chi connectivity index (χ3n) is 4.42. The maximum absolute atomic E-state index is 11.8. The lowest BCUT2D eigenvalue weighted by atomic mass is 10.1. The number of anilines is 1. The highest BCUT2D eigenvalue weighted by Gasteiger charge is 2.08. The zero-order chi connectivity index (χ0) is 20.6. The Labute approximate surface area is 176 Å². The van der Waals surface area contributed by atoms with Crippen molar-refractivity contribution in [3.05, 3.63) is 94.0 Å². The van der Waals surface area contributed by atoms with E-state index in [0.29, 0.717) is 30.3 Å². The van der Waals surface area contributed by atoms with E-state index < -0.39 is 0 Å². The number of nitrogens with one attached hydrogen (secondary N) is 1. The predicted octanol–water partition coefficient (Wildman–Crippen LogP) is 6.02. The van der Waals surface area contributed by atoms with Gasteiger partial charge in [0.1, 0.15) is 12.4 Å². The maximum atomic E-state index is 11.8. The average Bonchev–Trinajstić information content (AvgIpc) is 2.73. The molecule has 3 aromatic rings. The minimum atomic E-state index is -0.319. The van der Waals surface area contributed by atoms with Crippen LogP contribution in [-0.4, -0.2) is 12.6 Å². The summed E-state index contributed by atoms with van der Waals surface area (Å²) in [6.45, 7) is 5.24. The van der Waals surface area contributed by atoms with Crippen molar-refractivity contribution in [2.75, 3.05) is 11.9 Å². The van der Waals surface area contributed by atoms with Crippen molar-refractivity contribution >= 4 is 23.3 Å². The molecule has 0 spiro atoms. The molecule has 0 aromatic heterocycles. The van der Waals surface area contributed by atoms with Crippen LogP contribution < -0.4 is 10.1 Å².